The van der Waals surface area contributed by atoms with Gasteiger partial charge in [0.05, 0.1) is 6.04 Å². The summed E-state index contributed by atoms with van der Waals surface area (Å²) in [4.78, 5) is 13.8. The molecule has 1 rings (SSSR count). The van der Waals surface area contributed by atoms with Crippen LogP contribution < -0.4 is 0 Å². The molecule has 0 aliphatic carbocycles. The molecule has 0 radical (unpaired) electrons. The second-order valence-corrected chi connectivity index (χ2v) is 3.83. The number of nitrogens with zero attached hydrogens (tertiary/aromatic N) is 1. The highest BCUT2D eigenvalue weighted by Gasteiger charge is 2.30. The Balaban J connectivity index is 2.53. The van der Waals surface area contributed by atoms with E-state index in [1.807, 2.05) is 14.0 Å². The van der Waals surface area contributed by atoms with E-state index in [1.54, 1.807) is 0 Å². The summed E-state index contributed by atoms with van der Waals surface area (Å²) in [6, 6.07) is 0.148. The Labute approximate surface area is 74.9 Å². The molecule has 1 fully saturated rings. The van der Waals surface area contributed by atoms with E-state index in [4.69, 9.17) is 0 Å². The number of likely N-dealkylation sites (N-methyl/N-ethyl adjacent to an activating group) is 1. The van der Waals surface area contributed by atoms with Crippen molar-refractivity contribution in [2.75, 3.05) is 13.6 Å². The molecule has 0 amide bonds. The van der Waals surface area contributed by atoms with Gasteiger partial charge in [-0.05, 0) is 33.4 Å². The molecule has 12 heavy (non-hydrogen) atoms. The zero-order chi connectivity index (χ0) is 9.14. The first-order chi connectivity index (χ1) is 5.66. The van der Waals surface area contributed by atoms with Gasteiger partial charge >= 0.3 is 0 Å². The van der Waals surface area contributed by atoms with Crippen LogP contribution in [0.4, 0.5) is 0 Å². The van der Waals surface area contributed by atoms with E-state index in [-0.39, 0.29) is 6.04 Å². The van der Waals surface area contributed by atoms with Gasteiger partial charge in [0.25, 0.3) is 0 Å². The molecule has 2 nitrogen and oxygen atoms in total. The standard InChI is InChI=1S/C10H19NO/c1-4-5-9-6-7-11(3)8(2)10(9)12/h8-9H,4-7H2,1-3H3/t8-,9?/m0/s1. The molecule has 0 aromatic heterocycles. The molecule has 1 saturated heterocycles. The normalized spacial score (nSPS) is 32.4. The average molecular weight is 169 g/mol. The average Bonchev–Trinajstić information content (AvgIpc) is 2.07. The summed E-state index contributed by atoms with van der Waals surface area (Å²) in [6.45, 7) is 5.25. The number of Topliss-reactive ketones (excluding diaryl/α,β-unsaturated/α-hetero) is 1. The minimum absolute atomic E-state index is 0.148. The van der Waals surface area contributed by atoms with Gasteiger partial charge in [0.1, 0.15) is 0 Å². The minimum Gasteiger partial charge on any atom is -0.298 e. The topological polar surface area (TPSA) is 20.3 Å². The van der Waals surface area contributed by atoms with Crippen LogP contribution in [0, 0.1) is 5.92 Å². The Kier molecular flexibility index (Phi) is 3.27. The number of carbonyl (C=O) groups excluding carboxylic acids is 1. The van der Waals surface area contributed by atoms with Crippen LogP contribution in [0.15, 0.2) is 0 Å². The van der Waals surface area contributed by atoms with Crippen LogP contribution in [0.5, 0.6) is 0 Å². The number of hydrogen-bond acceptors (Lipinski definition) is 2. The van der Waals surface area contributed by atoms with Gasteiger partial charge in [-0.25, -0.2) is 0 Å². The maximum Gasteiger partial charge on any atom is 0.152 e. The molecule has 0 aromatic carbocycles. The SMILES string of the molecule is CCCC1CCN(C)[C@@H](C)C1=O. The van der Waals surface area contributed by atoms with Crippen molar-refractivity contribution in [2.24, 2.45) is 5.92 Å². The van der Waals surface area contributed by atoms with E-state index in [0.29, 0.717) is 11.7 Å². The maximum atomic E-state index is 11.7. The van der Waals surface area contributed by atoms with Gasteiger partial charge in [-0.15, -0.1) is 0 Å². The van der Waals surface area contributed by atoms with Gasteiger partial charge < -0.3 is 0 Å². The maximum absolute atomic E-state index is 11.7. The molecule has 1 unspecified atom stereocenters. The van der Waals surface area contributed by atoms with Crippen molar-refractivity contribution in [1.29, 1.82) is 0 Å². The van der Waals surface area contributed by atoms with Crippen LogP contribution in [-0.4, -0.2) is 30.3 Å². The molecule has 0 aromatic rings. The summed E-state index contributed by atoms with van der Waals surface area (Å²) in [5, 5.41) is 0. The largest absolute Gasteiger partial charge is 0.298 e. The molecular formula is C10H19NO. The van der Waals surface area contributed by atoms with E-state index < -0.39 is 0 Å². The molecule has 2 atom stereocenters. The Bertz CT molecular complexity index is 167. The van der Waals surface area contributed by atoms with Crippen LogP contribution >= 0.6 is 0 Å². The van der Waals surface area contributed by atoms with Crippen molar-refractivity contribution in [3.63, 3.8) is 0 Å². The highest BCUT2D eigenvalue weighted by atomic mass is 16.1. The number of likely N-dealkylation sites (tertiary alicyclic amines) is 1. The Morgan fingerprint density at radius 2 is 2.25 bits per heavy atom. The first-order valence-corrected chi connectivity index (χ1v) is 4.90. The minimum atomic E-state index is 0.148. The number of ketones is 1. The molecule has 0 spiro atoms. The number of rotatable bonds is 2. The second-order valence-electron chi connectivity index (χ2n) is 3.83. The third-order valence-corrected chi connectivity index (χ3v) is 2.94. The smallest absolute Gasteiger partial charge is 0.152 e. The monoisotopic (exact) mass is 169 g/mol. The van der Waals surface area contributed by atoms with E-state index >= 15 is 0 Å². The lowest BCUT2D eigenvalue weighted by Gasteiger charge is -2.33. The summed E-state index contributed by atoms with van der Waals surface area (Å²) in [5.41, 5.74) is 0. The lowest BCUT2D eigenvalue weighted by Crippen LogP contribution is -2.45. The Morgan fingerprint density at radius 3 is 2.83 bits per heavy atom. The van der Waals surface area contributed by atoms with E-state index in [0.717, 1.165) is 25.8 Å². The van der Waals surface area contributed by atoms with Gasteiger partial charge in [0, 0.05) is 5.92 Å². The molecule has 1 aliphatic heterocycles. The zero-order valence-corrected chi connectivity index (χ0v) is 8.34. The zero-order valence-electron chi connectivity index (χ0n) is 8.34. The van der Waals surface area contributed by atoms with E-state index in [9.17, 15) is 4.79 Å². The molecule has 70 valence electrons. The van der Waals surface area contributed by atoms with Crippen LogP contribution in [0.1, 0.15) is 33.1 Å². The Morgan fingerprint density at radius 1 is 1.58 bits per heavy atom. The third-order valence-electron chi connectivity index (χ3n) is 2.94. The molecule has 0 bridgehead atoms. The van der Waals surface area contributed by atoms with Crippen molar-refractivity contribution in [1.82, 2.24) is 4.90 Å². The number of hydrogen-bond donors (Lipinski definition) is 0. The molecule has 1 aliphatic rings. The second kappa shape index (κ2) is 4.04. The fraction of sp³-hybridized carbons (Fsp3) is 0.900. The van der Waals surface area contributed by atoms with Crippen molar-refractivity contribution in [3.8, 4) is 0 Å². The predicted molar refractivity (Wildman–Crippen MR) is 50.1 cm³/mol. The van der Waals surface area contributed by atoms with Gasteiger partial charge in [-0.3, -0.25) is 9.69 Å². The van der Waals surface area contributed by atoms with Gasteiger partial charge in [0.2, 0.25) is 0 Å². The van der Waals surface area contributed by atoms with Crippen molar-refractivity contribution in [2.45, 2.75) is 39.2 Å². The summed E-state index contributed by atoms with van der Waals surface area (Å²) >= 11 is 0. The molecule has 0 N–H and O–H groups in total. The summed E-state index contributed by atoms with van der Waals surface area (Å²) in [7, 11) is 2.03. The van der Waals surface area contributed by atoms with E-state index in [1.165, 1.54) is 0 Å². The quantitative estimate of drug-likeness (QED) is 0.627. The lowest BCUT2D eigenvalue weighted by atomic mass is 9.87. The van der Waals surface area contributed by atoms with Gasteiger partial charge in [-0.1, -0.05) is 13.3 Å². The predicted octanol–water partition coefficient (Wildman–Crippen LogP) is 1.70. The van der Waals surface area contributed by atoms with Crippen molar-refractivity contribution >= 4 is 5.78 Å². The van der Waals surface area contributed by atoms with E-state index in [2.05, 4.69) is 11.8 Å². The van der Waals surface area contributed by atoms with Crippen molar-refractivity contribution < 1.29 is 4.79 Å². The highest BCUT2D eigenvalue weighted by molar-refractivity contribution is 5.86. The molecule has 0 saturated carbocycles. The fourth-order valence-electron chi connectivity index (χ4n) is 1.89. The Hall–Kier alpha value is -0.370. The van der Waals surface area contributed by atoms with Gasteiger partial charge in [0.15, 0.2) is 5.78 Å². The first kappa shape index (κ1) is 9.72. The van der Waals surface area contributed by atoms with Crippen LogP contribution in [0.25, 0.3) is 0 Å². The van der Waals surface area contributed by atoms with Crippen LogP contribution in [0.2, 0.25) is 0 Å². The van der Waals surface area contributed by atoms with Crippen LogP contribution in [-0.2, 0) is 4.79 Å². The summed E-state index contributed by atoms with van der Waals surface area (Å²) < 4.78 is 0. The summed E-state index contributed by atoms with van der Waals surface area (Å²) in [6.07, 6.45) is 3.28. The first-order valence-electron chi connectivity index (χ1n) is 4.90. The van der Waals surface area contributed by atoms with Crippen LogP contribution in [0.3, 0.4) is 0 Å². The van der Waals surface area contributed by atoms with Gasteiger partial charge in [-0.2, -0.15) is 0 Å². The molecule has 1 heterocycles. The molecular weight excluding hydrogens is 150 g/mol. The fourth-order valence-corrected chi connectivity index (χ4v) is 1.89. The highest BCUT2D eigenvalue weighted by Crippen LogP contribution is 2.21. The number of piperidine rings is 1. The number of carbonyl (C=O) groups is 1. The lowest BCUT2D eigenvalue weighted by molar-refractivity contribution is -0.130. The van der Waals surface area contributed by atoms with Crippen molar-refractivity contribution in [3.05, 3.63) is 0 Å². The summed E-state index contributed by atoms with van der Waals surface area (Å²) in [5.74, 6) is 0.798. The third kappa shape index (κ3) is 1.86. The molecule has 2 heteroatoms.